The second-order valence-corrected chi connectivity index (χ2v) is 19.4. The highest BCUT2D eigenvalue weighted by atomic mass is 28.3. The van der Waals surface area contributed by atoms with Gasteiger partial charge in [0.25, 0.3) is 5.91 Å². The Labute approximate surface area is 306 Å². The SMILES string of the molecule is COC(=O)CCCCN1C(=O)[C@@]2(O[C@@H](CCn3cc(CCO)nn3)[C@H]([Si](C)(C)c3ccc(OC)cc3)[C@H]2C)c2cc(NC(=O)[C@H]3CCCN3)ccc21. The van der Waals surface area contributed by atoms with E-state index in [1.54, 1.807) is 11.8 Å². The third kappa shape index (κ3) is 7.26. The molecule has 6 rings (SSSR count). The van der Waals surface area contributed by atoms with Crippen molar-refractivity contribution in [3.05, 3.63) is 59.9 Å². The van der Waals surface area contributed by atoms with E-state index in [1.165, 1.54) is 12.3 Å². The maximum absolute atomic E-state index is 15.1. The number of fused-ring (bicyclic) bond motifs is 2. The zero-order chi connectivity index (χ0) is 37.0. The molecule has 3 aliphatic rings. The molecule has 0 bridgehead atoms. The summed E-state index contributed by atoms with van der Waals surface area (Å²) in [5.74, 6) is 0.0740. The van der Waals surface area contributed by atoms with Gasteiger partial charge in [0.2, 0.25) is 5.91 Å². The number of esters is 1. The van der Waals surface area contributed by atoms with Crippen molar-refractivity contribution in [1.29, 1.82) is 0 Å². The first kappa shape index (κ1) is 37.6. The van der Waals surface area contributed by atoms with Crippen LogP contribution in [0.5, 0.6) is 5.75 Å². The van der Waals surface area contributed by atoms with Crippen LogP contribution in [0.25, 0.3) is 0 Å². The lowest BCUT2D eigenvalue weighted by molar-refractivity contribution is -0.146. The monoisotopic (exact) mass is 732 g/mol. The molecule has 4 heterocycles. The molecule has 2 aromatic carbocycles. The standard InChI is InChI=1S/C38H52N6O7Si/c1-25-35(52(4,5)29-14-12-28(49-2)13-15-29)33(17-21-43-24-27(18-22-45)41-42-43)51-38(25)30-23-26(40-36(47)31-9-8-19-39-31)11-16-32(30)44(37(38)48)20-7-6-10-34(46)50-3/h11-16,23-25,31,33,35,39,45H,6-10,17-22H2,1-5H3,(H,40,47)/t25-,31-,33+,35-,38+/m1/s1. The quantitative estimate of drug-likeness (QED) is 0.120. The van der Waals surface area contributed by atoms with Gasteiger partial charge in [0.1, 0.15) is 5.75 Å². The number of aromatic nitrogens is 3. The van der Waals surface area contributed by atoms with E-state index in [1.807, 2.05) is 41.4 Å². The first-order chi connectivity index (χ1) is 25.0. The number of methoxy groups -OCH3 is 2. The average Bonchev–Trinajstić information content (AvgIpc) is 3.94. The number of carbonyl (C=O) groups is 3. The van der Waals surface area contributed by atoms with Crippen LogP contribution in [0.15, 0.2) is 48.7 Å². The van der Waals surface area contributed by atoms with Crippen molar-refractivity contribution in [2.75, 3.05) is 44.1 Å². The maximum Gasteiger partial charge on any atom is 0.305 e. The van der Waals surface area contributed by atoms with Crippen LogP contribution in [0.2, 0.25) is 18.6 Å². The number of benzene rings is 2. The number of amides is 2. The van der Waals surface area contributed by atoms with E-state index in [0.29, 0.717) is 50.2 Å². The smallest absolute Gasteiger partial charge is 0.305 e. The minimum atomic E-state index is -2.38. The van der Waals surface area contributed by atoms with Crippen LogP contribution < -0.4 is 25.5 Å². The summed E-state index contributed by atoms with van der Waals surface area (Å²) < 4.78 is 19.4. The van der Waals surface area contributed by atoms with Crippen LogP contribution in [0.3, 0.4) is 0 Å². The second kappa shape index (κ2) is 15.9. The van der Waals surface area contributed by atoms with Crippen molar-refractivity contribution in [1.82, 2.24) is 20.3 Å². The zero-order valence-corrected chi connectivity index (χ0v) is 31.9. The van der Waals surface area contributed by atoms with Gasteiger partial charge in [-0.3, -0.25) is 19.1 Å². The van der Waals surface area contributed by atoms with Crippen molar-refractivity contribution in [2.45, 2.75) is 94.8 Å². The van der Waals surface area contributed by atoms with Gasteiger partial charge in [0.05, 0.1) is 45.8 Å². The Morgan fingerprint density at radius 2 is 1.92 bits per heavy atom. The molecule has 0 radical (unpaired) electrons. The first-order valence-electron chi connectivity index (χ1n) is 18.4. The van der Waals surface area contributed by atoms with Gasteiger partial charge >= 0.3 is 5.97 Å². The average molecular weight is 733 g/mol. The highest BCUT2D eigenvalue weighted by Gasteiger charge is 2.66. The fourth-order valence-electron chi connectivity index (χ4n) is 8.60. The van der Waals surface area contributed by atoms with Gasteiger partial charge in [-0.2, -0.15) is 0 Å². The van der Waals surface area contributed by atoms with E-state index in [9.17, 15) is 14.7 Å². The Kier molecular flexibility index (Phi) is 11.5. The summed E-state index contributed by atoms with van der Waals surface area (Å²) in [7, 11) is 0.653. The molecule has 1 spiro atoms. The second-order valence-electron chi connectivity index (χ2n) is 14.8. The molecule has 0 saturated carbocycles. The predicted octanol–water partition coefficient (Wildman–Crippen LogP) is 3.51. The largest absolute Gasteiger partial charge is 0.497 e. The molecule has 3 aliphatic heterocycles. The number of aliphatic hydroxyl groups excluding tert-OH is 1. The molecule has 14 heteroatoms. The third-order valence-corrected chi connectivity index (χ3v) is 15.7. The number of aryl methyl sites for hydroxylation is 1. The van der Waals surface area contributed by atoms with Crippen LogP contribution >= 0.6 is 0 Å². The summed E-state index contributed by atoms with van der Waals surface area (Å²) >= 11 is 0. The van der Waals surface area contributed by atoms with Crippen LogP contribution in [0.4, 0.5) is 11.4 Å². The summed E-state index contributed by atoms with van der Waals surface area (Å²) in [5.41, 5.74) is 1.58. The molecule has 5 atom stereocenters. The van der Waals surface area contributed by atoms with E-state index in [2.05, 4.69) is 53.1 Å². The Morgan fingerprint density at radius 3 is 2.62 bits per heavy atom. The summed E-state index contributed by atoms with van der Waals surface area (Å²) in [4.78, 5) is 42.0. The number of ether oxygens (including phenoxy) is 3. The van der Waals surface area contributed by atoms with Crippen LogP contribution in [-0.4, -0.2) is 92.0 Å². The molecule has 2 fully saturated rings. The van der Waals surface area contributed by atoms with Gasteiger partial charge in [-0.05, 0) is 74.5 Å². The number of aliphatic hydroxyl groups is 1. The van der Waals surface area contributed by atoms with Crippen molar-refractivity contribution >= 4 is 42.4 Å². The fourth-order valence-corrected chi connectivity index (χ4v) is 12.7. The third-order valence-electron chi connectivity index (χ3n) is 11.3. The van der Waals surface area contributed by atoms with Gasteiger partial charge in [-0.15, -0.1) is 5.10 Å². The number of unbranched alkanes of at least 4 members (excludes halogenated alkanes) is 1. The molecule has 13 nitrogen and oxygen atoms in total. The van der Waals surface area contributed by atoms with E-state index >= 15 is 4.79 Å². The van der Waals surface area contributed by atoms with Crippen molar-refractivity contribution in [3.8, 4) is 5.75 Å². The summed E-state index contributed by atoms with van der Waals surface area (Å²) in [6.07, 6.45) is 5.76. The van der Waals surface area contributed by atoms with Gasteiger partial charge < -0.3 is 34.9 Å². The molecule has 0 aliphatic carbocycles. The lowest BCUT2D eigenvalue weighted by Crippen LogP contribution is -2.52. The maximum atomic E-state index is 15.1. The summed E-state index contributed by atoms with van der Waals surface area (Å²) in [6.45, 7) is 8.58. The number of rotatable bonds is 15. The number of nitrogens with zero attached hydrogens (tertiary/aromatic N) is 4. The molecule has 2 amide bonds. The zero-order valence-electron chi connectivity index (χ0n) is 30.9. The highest BCUT2D eigenvalue weighted by molar-refractivity contribution is 6.91. The topological polar surface area (TPSA) is 157 Å². The number of anilines is 2. The van der Waals surface area contributed by atoms with Gasteiger partial charge in [-0.25, -0.2) is 0 Å². The number of nitrogens with one attached hydrogen (secondary N) is 2. The Bertz CT molecular complexity index is 1740. The van der Waals surface area contributed by atoms with Crippen LogP contribution in [0, 0.1) is 5.92 Å². The van der Waals surface area contributed by atoms with Crippen LogP contribution in [0.1, 0.15) is 56.7 Å². The van der Waals surface area contributed by atoms with E-state index in [0.717, 1.165) is 36.4 Å². The highest BCUT2D eigenvalue weighted by Crippen LogP contribution is 2.60. The number of carbonyl (C=O) groups excluding carboxylic acids is 3. The van der Waals surface area contributed by atoms with Gasteiger partial charge in [0, 0.05) is 55.9 Å². The van der Waals surface area contributed by atoms with E-state index in [-0.39, 0.29) is 54.4 Å². The lowest BCUT2D eigenvalue weighted by Gasteiger charge is -2.37. The van der Waals surface area contributed by atoms with Gasteiger partial charge in [-0.1, -0.05) is 42.6 Å². The molecular formula is C38H52N6O7Si. The molecule has 1 aromatic heterocycles. The Morgan fingerprint density at radius 1 is 1.13 bits per heavy atom. The van der Waals surface area contributed by atoms with Crippen molar-refractivity contribution in [2.24, 2.45) is 5.92 Å². The van der Waals surface area contributed by atoms with E-state index < -0.39 is 13.7 Å². The molecule has 3 aromatic rings. The predicted molar refractivity (Wildman–Crippen MR) is 199 cm³/mol. The summed E-state index contributed by atoms with van der Waals surface area (Å²) in [6, 6.07) is 13.7. The summed E-state index contributed by atoms with van der Waals surface area (Å²) in [5, 5.41) is 25.5. The molecule has 3 N–H and O–H groups in total. The van der Waals surface area contributed by atoms with Crippen LogP contribution in [-0.2, 0) is 42.4 Å². The molecule has 2 saturated heterocycles. The van der Waals surface area contributed by atoms with E-state index in [4.69, 9.17) is 14.2 Å². The molecule has 0 unspecified atom stereocenters. The molecule has 52 heavy (non-hydrogen) atoms. The van der Waals surface area contributed by atoms with Gasteiger partial charge in [0.15, 0.2) is 5.60 Å². The number of hydrogen-bond donors (Lipinski definition) is 3. The van der Waals surface area contributed by atoms with Crippen molar-refractivity contribution in [3.63, 3.8) is 0 Å². The van der Waals surface area contributed by atoms with Crippen molar-refractivity contribution < 1.29 is 33.7 Å². The number of hydrogen-bond acceptors (Lipinski definition) is 10. The molecular weight excluding hydrogens is 681 g/mol. The minimum Gasteiger partial charge on any atom is -0.497 e. The molecule has 280 valence electrons. The Balaban J connectivity index is 1.39. The first-order valence-corrected chi connectivity index (χ1v) is 21.5. The lowest BCUT2D eigenvalue weighted by atomic mass is 9.82. The normalized spacial score (nSPS) is 24.0. The minimum absolute atomic E-state index is 0.00545. The fraction of sp³-hybridized carbons (Fsp3) is 0.553. The Hall–Kier alpha value is -4.11.